The van der Waals surface area contributed by atoms with E-state index in [1.807, 2.05) is 24.3 Å². The molecule has 0 bridgehead atoms. The summed E-state index contributed by atoms with van der Waals surface area (Å²) in [6.07, 6.45) is 4.17. The number of hydrogen-bond acceptors (Lipinski definition) is 5. The van der Waals surface area contributed by atoms with Gasteiger partial charge in [0.25, 0.3) is 5.89 Å². The fourth-order valence-corrected chi connectivity index (χ4v) is 2.62. The topological polar surface area (TPSA) is 74.2 Å². The second-order valence-corrected chi connectivity index (χ2v) is 4.95. The molecule has 3 rings (SSSR count). The molecule has 5 nitrogen and oxygen atoms in total. The number of anilines is 1. The van der Waals surface area contributed by atoms with Crippen LogP contribution >= 0.6 is 0 Å². The Morgan fingerprint density at radius 1 is 1.21 bits per heavy atom. The lowest BCUT2D eigenvalue weighted by Gasteiger charge is -2.22. The van der Waals surface area contributed by atoms with E-state index >= 15 is 0 Å². The highest BCUT2D eigenvalue weighted by molar-refractivity contribution is 5.57. The molecule has 1 heterocycles. The Balaban J connectivity index is 1.92. The lowest BCUT2D eigenvalue weighted by molar-refractivity contribution is -0.0178. The fourth-order valence-electron chi connectivity index (χ4n) is 2.62. The standard InChI is InChI=1S/C14H17N3O2/c1-18-14(8-2-3-9-14)13-16-12(19-17-13)10-4-6-11(15)7-5-10/h4-7H,2-3,8-9,15H2,1H3. The molecule has 0 unspecified atom stereocenters. The zero-order valence-electron chi connectivity index (χ0n) is 10.9. The van der Waals surface area contributed by atoms with Crippen LogP contribution in [0.25, 0.3) is 11.5 Å². The molecule has 1 aliphatic carbocycles. The van der Waals surface area contributed by atoms with Gasteiger partial charge in [0, 0.05) is 18.4 Å². The van der Waals surface area contributed by atoms with Crippen molar-refractivity contribution in [3.8, 4) is 11.5 Å². The molecule has 0 radical (unpaired) electrons. The zero-order valence-corrected chi connectivity index (χ0v) is 10.9. The van der Waals surface area contributed by atoms with Gasteiger partial charge < -0.3 is 15.0 Å². The maximum Gasteiger partial charge on any atom is 0.258 e. The van der Waals surface area contributed by atoms with Crippen molar-refractivity contribution in [1.29, 1.82) is 0 Å². The summed E-state index contributed by atoms with van der Waals surface area (Å²) in [4.78, 5) is 4.49. The Morgan fingerprint density at radius 2 is 1.89 bits per heavy atom. The summed E-state index contributed by atoms with van der Waals surface area (Å²) in [7, 11) is 1.71. The lowest BCUT2D eigenvalue weighted by Crippen LogP contribution is -2.25. The minimum absolute atomic E-state index is 0.366. The quantitative estimate of drug-likeness (QED) is 0.858. The molecule has 1 aliphatic rings. The van der Waals surface area contributed by atoms with Crippen LogP contribution in [0.2, 0.25) is 0 Å². The monoisotopic (exact) mass is 259 g/mol. The van der Waals surface area contributed by atoms with Gasteiger partial charge in [-0.2, -0.15) is 4.98 Å². The van der Waals surface area contributed by atoms with E-state index in [1.165, 1.54) is 0 Å². The van der Waals surface area contributed by atoms with Crippen LogP contribution in [0.15, 0.2) is 28.8 Å². The molecular weight excluding hydrogens is 242 g/mol. The second-order valence-electron chi connectivity index (χ2n) is 4.95. The Hall–Kier alpha value is -1.88. The predicted octanol–water partition coefficient (Wildman–Crippen LogP) is 2.73. The summed E-state index contributed by atoms with van der Waals surface area (Å²) < 4.78 is 11.0. The van der Waals surface area contributed by atoms with E-state index in [4.69, 9.17) is 15.0 Å². The van der Waals surface area contributed by atoms with Gasteiger partial charge in [-0.3, -0.25) is 0 Å². The largest absolute Gasteiger partial charge is 0.399 e. The van der Waals surface area contributed by atoms with Crippen LogP contribution in [0.5, 0.6) is 0 Å². The Bertz CT molecular complexity index is 556. The van der Waals surface area contributed by atoms with Gasteiger partial charge in [0.2, 0.25) is 5.82 Å². The summed E-state index contributed by atoms with van der Waals surface area (Å²) in [5.74, 6) is 1.16. The van der Waals surface area contributed by atoms with Crippen molar-refractivity contribution in [3.05, 3.63) is 30.1 Å². The van der Waals surface area contributed by atoms with Crippen LogP contribution in [-0.4, -0.2) is 17.3 Å². The normalized spacial score (nSPS) is 17.7. The van der Waals surface area contributed by atoms with Gasteiger partial charge in [-0.05, 0) is 49.9 Å². The molecule has 0 amide bonds. The van der Waals surface area contributed by atoms with Crippen molar-refractivity contribution in [2.24, 2.45) is 0 Å². The summed E-state index contributed by atoms with van der Waals surface area (Å²) in [6.45, 7) is 0. The van der Waals surface area contributed by atoms with Gasteiger partial charge in [-0.1, -0.05) is 5.16 Å². The molecule has 1 saturated carbocycles. The molecule has 0 spiro atoms. The van der Waals surface area contributed by atoms with Gasteiger partial charge in [0.1, 0.15) is 5.60 Å². The van der Waals surface area contributed by atoms with Gasteiger partial charge in [0.15, 0.2) is 0 Å². The predicted molar refractivity (Wildman–Crippen MR) is 71.3 cm³/mol. The maximum atomic E-state index is 5.67. The first-order valence-electron chi connectivity index (χ1n) is 6.49. The van der Waals surface area contributed by atoms with Crippen LogP contribution in [0.1, 0.15) is 31.5 Å². The first-order valence-corrected chi connectivity index (χ1v) is 6.49. The third-order valence-corrected chi connectivity index (χ3v) is 3.79. The molecule has 1 aromatic carbocycles. The van der Waals surface area contributed by atoms with Crippen LogP contribution in [0, 0.1) is 0 Å². The Kier molecular flexibility index (Phi) is 2.98. The second kappa shape index (κ2) is 4.66. The number of nitrogens with two attached hydrogens (primary N) is 1. The van der Waals surface area contributed by atoms with Gasteiger partial charge >= 0.3 is 0 Å². The number of rotatable bonds is 3. The van der Waals surface area contributed by atoms with Gasteiger partial charge in [-0.25, -0.2) is 0 Å². The number of methoxy groups -OCH3 is 1. The molecule has 0 atom stereocenters. The summed E-state index contributed by atoms with van der Waals surface area (Å²) >= 11 is 0. The van der Waals surface area contributed by atoms with E-state index in [1.54, 1.807) is 7.11 Å². The van der Waals surface area contributed by atoms with Crippen molar-refractivity contribution < 1.29 is 9.26 Å². The highest BCUT2D eigenvalue weighted by Gasteiger charge is 2.40. The van der Waals surface area contributed by atoms with Crippen LogP contribution in [0.3, 0.4) is 0 Å². The number of nitrogens with zero attached hydrogens (tertiary/aromatic N) is 2. The van der Waals surface area contributed by atoms with Crippen molar-refractivity contribution in [2.75, 3.05) is 12.8 Å². The van der Waals surface area contributed by atoms with Crippen LogP contribution in [0.4, 0.5) is 5.69 Å². The third kappa shape index (κ3) is 2.10. The molecule has 0 aliphatic heterocycles. The Labute approximate surface area is 111 Å². The molecule has 100 valence electrons. The molecule has 2 aromatic rings. The number of nitrogen functional groups attached to an aromatic ring is 1. The van der Waals surface area contributed by atoms with Gasteiger partial charge in [-0.15, -0.1) is 0 Å². The van der Waals surface area contributed by atoms with E-state index in [2.05, 4.69) is 10.1 Å². The summed E-state index contributed by atoms with van der Waals surface area (Å²) in [5, 5.41) is 4.10. The molecule has 2 N–H and O–H groups in total. The number of benzene rings is 1. The first kappa shape index (κ1) is 12.2. The van der Waals surface area contributed by atoms with E-state index in [-0.39, 0.29) is 5.60 Å². The SMILES string of the molecule is COC1(c2noc(-c3ccc(N)cc3)n2)CCCC1. The average molecular weight is 259 g/mol. The van der Waals surface area contributed by atoms with E-state index in [0.29, 0.717) is 17.4 Å². The third-order valence-electron chi connectivity index (χ3n) is 3.79. The fraction of sp³-hybridized carbons (Fsp3) is 0.429. The molecule has 5 heteroatoms. The van der Waals surface area contributed by atoms with Crippen molar-refractivity contribution >= 4 is 5.69 Å². The number of ether oxygens (including phenoxy) is 1. The van der Waals surface area contributed by atoms with Crippen molar-refractivity contribution in [1.82, 2.24) is 10.1 Å². The highest BCUT2D eigenvalue weighted by Crippen LogP contribution is 2.40. The smallest absolute Gasteiger partial charge is 0.258 e. The Morgan fingerprint density at radius 3 is 2.53 bits per heavy atom. The molecular formula is C14H17N3O2. The summed E-state index contributed by atoms with van der Waals surface area (Å²) in [5.41, 5.74) is 6.89. The van der Waals surface area contributed by atoms with E-state index < -0.39 is 0 Å². The maximum absolute atomic E-state index is 5.67. The van der Waals surface area contributed by atoms with Gasteiger partial charge in [0.05, 0.1) is 0 Å². The van der Waals surface area contributed by atoms with Crippen LogP contribution in [-0.2, 0) is 10.3 Å². The number of aromatic nitrogens is 2. The van der Waals surface area contributed by atoms with E-state index in [9.17, 15) is 0 Å². The highest BCUT2D eigenvalue weighted by atomic mass is 16.5. The minimum Gasteiger partial charge on any atom is -0.399 e. The number of hydrogen-bond donors (Lipinski definition) is 1. The average Bonchev–Trinajstić information content (AvgIpc) is 3.09. The summed E-state index contributed by atoms with van der Waals surface area (Å²) in [6, 6.07) is 7.39. The molecule has 1 aromatic heterocycles. The molecule has 1 fully saturated rings. The lowest BCUT2D eigenvalue weighted by atomic mass is 10.0. The molecule has 0 saturated heterocycles. The van der Waals surface area contributed by atoms with Crippen molar-refractivity contribution in [3.63, 3.8) is 0 Å². The molecule has 19 heavy (non-hydrogen) atoms. The first-order chi connectivity index (χ1) is 9.23. The van der Waals surface area contributed by atoms with Crippen molar-refractivity contribution in [2.45, 2.75) is 31.3 Å². The van der Waals surface area contributed by atoms with E-state index in [0.717, 1.165) is 31.2 Å². The minimum atomic E-state index is -0.366. The zero-order chi connectivity index (χ0) is 13.3. The van der Waals surface area contributed by atoms with Crippen LogP contribution < -0.4 is 5.73 Å².